The van der Waals surface area contributed by atoms with Gasteiger partial charge in [0, 0.05) is 6.54 Å². The predicted octanol–water partition coefficient (Wildman–Crippen LogP) is 2.10. The molecule has 1 atom stereocenters. The van der Waals surface area contributed by atoms with Gasteiger partial charge in [0.1, 0.15) is 5.60 Å². The van der Waals surface area contributed by atoms with E-state index in [1.807, 2.05) is 4.57 Å². The third-order valence-corrected chi connectivity index (χ3v) is 2.54. The Bertz CT molecular complexity index is 435. The molecule has 6 heteroatoms. The van der Waals surface area contributed by atoms with Crippen LogP contribution in [-0.4, -0.2) is 33.0 Å². The molecule has 1 heterocycles. The van der Waals surface area contributed by atoms with Crippen molar-refractivity contribution in [2.24, 2.45) is 5.92 Å². The Balaban J connectivity index is 2.76. The number of nitrogens with zero attached hydrogens (tertiary/aromatic N) is 2. The highest BCUT2D eigenvalue weighted by atomic mass is 16.6. The van der Waals surface area contributed by atoms with Crippen molar-refractivity contribution in [2.75, 3.05) is 6.61 Å². The summed E-state index contributed by atoms with van der Waals surface area (Å²) in [6.07, 6.45) is 2.81. The Hall–Kier alpha value is -1.56. The van der Waals surface area contributed by atoms with E-state index in [-0.39, 0.29) is 6.61 Å². The highest BCUT2D eigenvalue weighted by Gasteiger charge is 2.22. The number of imidazole rings is 1. The van der Waals surface area contributed by atoms with Crippen LogP contribution in [-0.2, 0) is 11.3 Å². The Labute approximate surface area is 120 Å². The maximum atomic E-state index is 11.8. The number of nitrogens with one attached hydrogen (secondary N) is 1. The quantitative estimate of drug-likeness (QED) is 0.867. The lowest BCUT2D eigenvalue weighted by Crippen LogP contribution is -2.37. The van der Waals surface area contributed by atoms with Crippen LogP contribution in [0.4, 0.5) is 4.79 Å². The second-order valence-corrected chi connectivity index (χ2v) is 6.25. The molecule has 0 aliphatic rings. The minimum atomic E-state index is -0.567. The summed E-state index contributed by atoms with van der Waals surface area (Å²) in [6, 6.07) is -0.522. The van der Waals surface area contributed by atoms with Gasteiger partial charge < -0.3 is 19.7 Å². The average molecular weight is 283 g/mol. The minimum absolute atomic E-state index is 0.205. The lowest BCUT2D eigenvalue weighted by molar-refractivity contribution is 0.0478. The zero-order valence-electron chi connectivity index (χ0n) is 12.9. The molecule has 0 radical (unpaired) electrons. The highest BCUT2D eigenvalue weighted by molar-refractivity contribution is 5.68. The van der Waals surface area contributed by atoms with E-state index in [0.29, 0.717) is 5.92 Å². The third kappa shape index (κ3) is 5.21. The van der Waals surface area contributed by atoms with Gasteiger partial charge in [0.15, 0.2) is 0 Å². The number of aliphatic hydroxyl groups is 1. The van der Waals surface area contributed by atoms with Crippen LogP contribution in [0.25, 0.3) is 0 Å². The average Bonchev–Trinajstić information content (AvgIpc) is 2.70. The van der Waals surface area contributed by atoms with Crippen LogP contribution in [0.3, 0.4) is 0 Å². The molecule has 0 aliphatic carbocycles. The first-order chi connectivity index (χ1) is 9.23. The zero-order valence-corrected chi connectivity index (χ0v) is 12.9. The van der Waals surface area contributed by atoms with Gasteiger partial charge in [-0.05, 0) is 26.7 Å². The topological polar surface area (TPSA) is 76.4 Å². The normalized spacial score (nSPS) is 13.3. The smallest absolute Gasteiger partial charge is 0.408 e. The van der Waals surface area contributed by atoms with Crippen molar-refractivity contribution in [3.63, 3.8) is 0 Å². The SMILES string of the molecule is CC(C)Cn1cncc1C(CO)NC(=O)OC(C)(C)C. The fourth-order valence-corrected chi connectivity index (χ4v) is 1.83. The standard InChI is InChI=1S/C14H25N3O3/c1-10(2)7-17-9-15-6-12(17)11(8-18)16-13(19)20-14(3,4)5/h6,9-11,18H,7-8H2,1-5H3,(H,16,19). The summed E-state index contributed by atoms with van der Waals surface area (Å²) >= 11 is 0. The van der Waals surface area contributed by atoms with Crippen LogP contribution in [0.1, 0.15) is 46.4 Å². The number of aromatic nitrogens is 2. The molecule has 20 heavy (non-hydrogen) atoms. The van der Waals surface area contributed by atoms with Crippen molar-refractivity contribution in [3.05, 3.63) is 18.2 Å². The van der Waals surface area contributed by atoms with E-state index in [9.17, 15) is 9.90 Å². The molecule has 6 nitrogen and oxygen atoms in total. The van der Waals surface area contributed by atoms with E-state index in [0.717, 1.165) is 12.2 Å². The van der Waals surface area contributed by atoms with E-state index in [4.69, 9.17) is 4.74 Å². The van der Waals surface area contributed by atoms with Gasteiger partial charge in [-0.3, -0.25) is 0 Å². The van der Waals surface area contributed by atoms with Crippen LogP contribution < -0.4 is 5.32 Å². The van der Waals surface area contributed by atoms with E-state index in [1.54, 1.807) is 33.3 Å². The van der Waals surface area contributed by atoms with Gasteiger partial charge in [0.25, 0.3) is 0 Å². The molecule has 0 spiro atoms. The van der Waals surface area contributed by atoms with Crippen molar-refractivity contribution >= 4 is 6.09 Å². The van der Waals surface area contributed by atoms with Crippen LogP contribution in [0.5, 0.6) is 0 Å². The van der Waals surface area contributed by atoms with E-state index >= 15 is 0 Å². The fraction of sp³-hybridized carbons (Fsp3) is 0.714. The Morgan fingerprint density at radius 2 is 2.15 bits per heavy atom. The summed E-state index contributed by atoms with van der Waals surface area (Å²) in [6.45, 7) is 10.2. The van der Waals surface area contributed by atoms with Gasteiger partial charge in [0.2, 0.25) is 0 Å². The molecular formula is C14H25N3O3. The maximum Gasteiger partial charge on any atom is 0.408 e. The molecule has 1 rings (SSSR count). The number of hydrogen-bond acceptors (Lipinski definition) is 4. The van der Waals surface area contributed by atoms with Crippen molar-refractivity contribution in [1.29, 1.82) is 0 Å². The number of aliphatic hydroxyl groups excluding tert-OH is 1. The molecule has 0 fully saturated rings. The molecule has 0 saturated heterocycles. The van der Waals surface area contributed by atoms with Crippen molar-refractivity contribution < 1.29 is 14.6 Å². The summed E-state index contributed by atoms with van der Waals surface area (Å²) in [5, 5.41) is 12.2. The second-order valence-electron chi connectivity index (χ2n) is 6.25. The fourth-order valence-electron chi connectivity index (χ4n) is 1.83. The van der Waals surface area contributed by atoms with E-state index in [2.05, 4.69) is 24.1 Å². The zero-order chi connectivity index (χ0) is 15.3. The molecule has 0 aliphatic heterocycles. The number of hydrogen-bond donors (Lipinski definition) is 2. The van der Waals surface area contributed by atoms with Crippen LogP contribution in [0, 0.1) is 5.92 Å². The molecule has 1 unspecified atom stereocenters. The minimum Gasteiger partial charge on any atom is -0.444 e. The molecule has 1 amide bonds. The molecule has 2 N–H and O–H groups in total. The number of amides is 1. The largest absolute Gasteiger partial charge is 0.444 e. The van der Waals surface area contributed by atoms with Gasteiger partial charge in [-0.2, -0.15) is 0 Å². The Kier molecular flexibility index (Phi) is 5.56. The summed E-state index contributed by atoms with van der Waals surface area (Å²) in [5.74, 6) is 0.448. The molecule has 1 aromatic heterocycles. The Morgan fingerprint density at radius 3 is 2.65 bits per heavy atom. The lowest BCUT2D eigenvalue weighted by atomic mass is 10.2. The number of alkyl carbamates (subject to hydrolysis) is 1. The molecule has 0 bridgehead atoms. The van der Waals surface area contributed by atoms with Gasteiger partial charge in [0.05, 0.1) is 30.9 Å². The van der Waals surface area contributed by atoms with Gasteiger partial charge in [-0.25, -0.2) is 9.78 Å². The maximum absolute atomic E-state index is 11.8. The van der Waals surface area contributed by atoms with Crippen molar-refractivity contribution in [1.82, 2.24) is 14.9 Å². The van der Waals surface area contributed by atoms with Crippen LogP contribution in [0.2, 0.25) is 0 Å². The summed E-state index contributed by atoms with van der Waals surface area (Å²) in [5.41, 5.74) is 0.203. The second kappa shape index (κ2) is 6.74. The van der Waals surface area contributed by atoms with Crippen LogP contribution in [0.15, 0.2) is 12.5 Å². The molecular weight excluding hydrogens is 258 g/mol. The molecule has 114 valence electrons. The monoisotopic (exact) mass is 283 g/mol. The number of carbonyl (C=O) groups is 1. The van der Waals surface area contributed by atoms with Crippen molar-refractivity contribution in [3.8, 4) is 0 Å². The van der Waals surface area contributed by atoms with E-state index < -0.39 is 17.7 Å². The van der Waals surface area contributed by atoms with Gasteiger partial charge in [-0.15, -0.1) is 0 Å². The summed E-state index contributed by atoms with van der Waals surface area (Å²) in [4.78, 5) is 15.9. The molecule has 1 aromatic rings. The first kappa shape index (κ1) is 16.5. The lowest BCUT2D eigenvalue weighted by Gasteiger charge is -2.23. The van der Waals surface area contributed by atoms with E-state index in [1.165, 1.54) is 0 Å². The van der Waals surface area contributed by atoms with Gasteiger partial charge in [-0.1, -0.05) is 13.8 Å². The first-order valence-corrected chi connectivity index (χ1v) is 6.83. The number of carbonyl (C=O) groups excluding carboxylic acids is 1. The summed E-state index contributed by atoms with van der Waals surface area (Å²) in [7, 11) is 0. The first-order valence-electron chi connectivity index (χ1n) is 6.83. The Morgan fingerprint density at radius 1 is 1.50 bits per heavy atom. The molecule has 0 saturated carbocycles. The number of ether oxygens (including phenoxy) is 1. The molecule has 0 aromatic carbocycles. The predicted molar refractivity (Wildman–Crippen MR) is 76.3 cm³/mol. The third-order valence-electron chi connectivity index (χ3n) is 2.54. The number of rotatable bonds is 5. The highest BCUT2D eigenvalue weighted by Crippen LogP contribution is 2.15. The van der Waals surface area contributed by atoms with Gasteiger partial charge >= 0.3 is 6.09 Å². The summed E-state index contributed by atoms with van der Waals surface area (Å²) < 4.78 is 7.13. The van der Waals surface area contributed by atoms with Crippen LogP contribution >= 0.6 is 0 Å². The van der Waals surface area contributed by atoms with Crippen molar-refractivity contribution in [2.45, 2.75) is 52.8 Å².